The Labute approximate surface area is 194 Å². The number of thiophene rings is 1. The lowest BCUT2D eigenvalue weighted by Crippen LogP contribution is -2.49. The number of nitrogens with one attached hydrogen (secondary N) is 2. The van der Waals surface area contributed by atoms with Gasteiger partial charge < -0.3 is 15.5 Å². The number of hydrogen-bond donors (Lipinski definition) is 2. The van der Waals surface area contributed by atoms with Crippen LogP contribution in [0.2, 0.25) is 0 Å². The van der Waals surface area contributed by atoms with Crippen LogP contribution in [0.4, 0.5) is 0 Å². The minimum absolute atomic E-state index is 0.144. The molecule has 1 aliphatic carbocycles. The molecule has 3 amide bonds. The molecule has 1 heterocycles. The topological polar surface area (TPSA) is 78.5 Å². The number of rotatable bonds is 10. The molecule has 2 aromatic rings. The van der Waals surface area contributed by atoms with E-state index >= 15 is 0 Å². The molecule has 0 spiro atoms. The molecule has 0 unspecified atom stereocenters. The summed E-state index contributed by atoms with van der Waals surface area (Å²) < 4.78 is 0. The second kappa shape index (κ2) is 11.8. The summed E-state index contributed by atoms with van der Waals surface area (Å²) in [7, 11) is 0. The molecule has 3 rings (SSSR count). The van der Waals surface area contributed by atoms with Gasteiger partial charge in [0.15, 0.2) is 0 Å². The maximum atomic E-state index is 13.4. The Morgan fingerprint density at radius 1 is 1.06 bits per heavy atom. The van der Waals surface area contributed by atoms with Gasteiger partial charge in [-0.05, 0) is 42.2 Å². The van der Waals surface area contributed by atoms with Gasteiger partial charge in [-0.15, -0.1) is 11.3 Å². The minimum atomic E-state index is -0.721. The van der Waals surface area contributed by atoms with Gasteiger partial charge in [-0.25, -0.2) is 0 Å². The third kappa shape index (κ3) is 6.66. The largest absolute Gasteiger partial charge is 0.351 e. The summed E-state index contributed by atoms with van der Waals surface area (Å²) >= 11 is 1.33. The molecule has 1 saturated carbocycles. The Morgan fingerprint density at radius 3 is 2.41 bits per heavy atom. The molecular weight excluding hydrogens is 422 g/mol. The van der Waals surface area contributed by atoms with Gasteiger partial charge in [0.05, 0.1) is 11.4 Å². The number of amides is 3. The molecular formula is C25H33N3O3S. The van der Waals surface area contributed by atoms with E-state index in [1.54, 1.807) is 17.0 Å². The molecule has 1 atom stereocenters. The van der Waals surface area contributed by atoms with Crippen LogP contribution in [-0.4, -0.2) is 41.8 Å². The SMILES string of the molecule is CC(C)CCN(C(=O)CNC(=O)c1cccs1)[C@H](C(=O)NC1CCCC1)c1ccccc1. The van der Waals surface area contributed by atoms with Crippen molar-refractivity contribution in [1.82, 2.24) is 15.5 Å². The summed E-state index contributed by atoms with van der Waals surface area (Å²) in [6.45, 7) is 4.49. The van der Waals surface area contributed by atoms with Crippen molar-refractivity contribution in [3.63, 3.8) is 0 Å². The van der Waals surface area contributed by atoms with Crippen molar-refractivity contribution < 1.29 is 14.4 Å². The molecule has 7 heteroatoms. The molecule has 0 aliphatic heterocycles. The quantitative estimate of drug-likeness (QED) is 0.565. The van der Waals surface area contributed by atoms with Gasteiger partial charge in [0, 0.05) is 12.6 Å². The minimum Gasteiger partial charge on any atom is -0.351 e. The van der Waals surface area contributed by atoms with E-state index in [9.17, 15) is 14.4 Å². The summed E-state index contributed by atoms with van der Waals surface area (Å²) in [5, 5.41) is 7.71. The highest BCUT2D eigenvalue weighted by molar-refractivity contribution is 7.12. The van der Waals surface area contributed by atoms with Crippen LogP contribution >= 0.6 is 11.3 Å². The Balaban J connectivity index is 1.80. The Kier molecular flexibility index (Phi) is 8.85. The maximum absolute atomic E-state index is 13.4. The molecule has 0 radical (unpaired) electrons. The fourth-order valence-corrected chi connectivity index (χ4v) is 4.65. The zero-order valence-corrected chi connectivity index (χ0v) is 19.7. The lowest BCUT2D eigenvalue weighted by Gasteiger charge is -2.33. The monoisotopic (exact) mass is 455 g/mol. The van der Waals surface area contributed by atoms with Crippen LogP contribution in [0.1, 0.15) is 67.2 Å². The van der Waals surface area contributed by atoms with E-state index in [0.717, 1.165) is 37.7 Å². The summed E-state index contributed by atoms with van der Waals surface area (Å²) in [5.41, 5.74) is 0.782. The van der Waals surface area contributed by atoms with E-state index < -0.39 is 6.04 Å². The Bertz CT molecular complexity index is 877. The van der Waals surface area contributed by atoms with Gasteiger partial charge >= 0.3 is 0 Å². The van der Waals surface area contributed by atoms with E-state index in [2.05, 4.69) is 24.5 Å². The predicted molar refractivity (Wildman–Crippen MR) is 127 cm³/mol. The second-order valence-corrected chi connectivity index (χ2v) is 9.68. The van der Waals surface area contributed by atoms with Crippen LogP contribution in [0, 0.1) is 5.92 Å². The van der Waals surface area contributed by atoms with Crippen molar-refractivity contribution in [3.8, 4) is 0 Å². The van der Waals surface area contributed by atoms with Crippen molar-refractivity contribution in [2.45, 2.75) is 58.0 Å². The first-order chi connectivity index (χ1) is 15.5. The van der Waals surface area contributed by atoms with E-state index in [0.29, 0.717) is 17.3 Å². The molecule has 32 heavy (non-hydrogen) atoms. The number of hydrogen-bond acceptors (Lipinski definition) is 4. The lowest BCUT2D eigenvalue weighted by atomic mass is 10.0. The number of nitrogens with zero attached hydrogens (tertiary/aromatic N) is 1. The fourth-order valence-electron chi connectivity index (χ4n) is 4.01. The van der Waals surface area contributed by atoms with Crippen molar-refractivity contribution >= 4 is 29.1 Å². The average Bonchev–Trinajstić information content (AvgIpc) is 3.49. The smallest absolute Gasteiger partial charge is 0.261 e. The highest BCUT2D eigenvalue weighted by atomic mass is 32.1. The molecule has 0 saturated heterocycles. The normalized spacial score (nSPS) is 14.8. The molecule has 0 bridgehead atoms. The van der Waals surface area contributed by atoms with Gasteiger partial charge in [0.2, 0.25) is 11.8 Å². The molecule has 6 nitrogen and oxygen atoms in total. The summed E-state index contributed by atoms with van der Waals surface area (Å²) in [6.07, 6.45) is 4.95. The zero-order chi connectivity index (χ0) is 22.9. The fraction of sp³-hybridized carbons (Fsp3) is 0.480. The first kappa shape index (κ1) is 24.0. The van der Waals surface area contributed by atoms with Crippen molar-refractivity contribution in [3.05, 3.63) is 58.3 Å². The number of carbonyl (C=O) groups excluding carboxylic acids is 3. The molecule has 172 valence electrons. The van der Waals surface area contributed by atoms with Crippen LogP contribution in [0.3, 0.4) is 0 Å². The van der Waals surface area contributed by atoms with E-state index in [1.165, 1.54) is 11.3 Å². The van der Waals surface area contributed by atoms with Gasteiger partial charge in [-0.2, -0.15) is 0 Å². The van der Waals surface area contributed by atoms with Gasteiger partial charge in [0.25, 0.3) is 5.91 Å². The van der Waals surface area contributed by atoms with E-state index in [1.807, 2.05) is 35.7 Å². The Morgan fingerprint density at radius 2 is 1.78 bits per heavy atom. The van der Waals surface area contributed by atoms with Crippen molar-refractivity contribution in [2.75, 3.05) is 13.1 Å². The Hall–Kier alpha value is -2.67. The highest BCUT2D eigenvalue weighted by Crippen LogP contribution is 2.25. The van der Waals surface area contributed by atoms with Crippen molar-refractivity contribution in [1.29, 1.82) is 0 Å². The zero-order valence-electron chi connectivity index (χ0n) is 18.9. The molecule has 1 fully saturated rings. The van der Waals surface area contributed by atoms with Gasteiger partial charge in [0.1, 0.15) is 6.04 Å². The van der Waals surface area contributed by atoms with E-state index in [-0.39, 0.29) is 30.3 Å². The van der Waals surface area contributed by atoms with Gasteiger partial charge in [-0.1, -0.05) is 63.1 Å². The summed E-state index contributed by atoms with van der Waals surface area (Å²) in [4.78, 5) is 41.3. The molecule has 2 N–H and O–H groups in total. The van der Waals surface area contributed by atoms with Crippen LogP contribution < -0.4 is 10.6 Å². The van der Waals surface area contributed by atoms with Crippen molar-refractivity contribution in [2.24, 2.45) is 5.92 Å². The van der Waals surface area contributed by atoms with Crippen LogP contribution in [0.15, 0.2) is 47.8 Å². The lowest BCUT2D eigenvalue weighted by molar-refractivity contribution is -0.140. The molecule has 1 aromatic carbocycles. The third-order valence-electron chi connectivity index (χ3n) is 5.79. The van der Waals surface area contributed by atoms with Crippen LogP contribution in [0.25, 0.3) is 0 Å². The maximum Gasteiger partial charge on any atom is 0.261 e. The second-order valence-electron chi connectivity index (χ2n) is 8.73. The number of carbonyl (C=O) groups is 3. The predicted octanol–water partition coefficient (Wildman–Crippen LogP) is 4.15. The number of benzene rings is 1. The first-order valence-corrected chi connectivity index (χ1v) is 12.3. The van der Waals surface area contributed by atoms with Crippen LogP contribution in [-0.2, 0) is 9.59 Å². The average molecular weight is 456 g/mol. The van der Waals surface area contributed by atoms with E-state index in [4.69, 9.17) is 0 Å². The third-order valence-corrected chi connectivity index (χ3v) is 6.66. The first-order valence-electron chi connectivity index (χ1n) is 11.4. The summed E-state index contributed by atoms with van der Waals surface area (Å²) in [6, 6.07) is 12.4. The summed E-state index contributed by atoms with van der Waals surface area (Å²) in [5.74, 6) is -0.306. The standard InChI is InChI=1S/C25H33N3O3S/c1-18(2)14-15-28(22(29)17-26-24(30)21-13-8-16-32-21)23(19-9-4-3-5-10-19)25(31)27-20-11-6-7-12-20/h3-5,8-10,13,16,18,20,23H,6-7,11-12,14-15,17H2,1-2H3,(H,26,30)(H,27,31)/t23-/m0/s1. The molecule has 1 aromatic heterocycles. The van der Waals surface area contributed by atoms with Crippen LogP contribution in [0.5, 0.6) is 0 Å². The highest BCUT2D eigenvalue weighted by Gasteiger charge is 2.33. The van der Waals surface area contributed by atoms with Gasteiger partial charge in [-0.3, -0.25) is 14.4 Å². The molecule has 1 aliphatic rings.